The van der Waals surface area contributed by atoms with Crippen LogP contribution >= 0.6 is 0 Å². The van der Waals surface area contributed by atoms with Gasteiger partial charge in [0.05, 0.1) is 25.2 Å². The number of amides is 1. The third-order valence-corrected chi connectivity index (χ3v) is 1.87. The summed E-state index contributed by atoms with van der Waals surface area (Å²) in [4.78, 5) is 23.0. The average molecular weight is 234 g/mol. The molecule has 2 rings (SSSR count). The number of ether oxygens (including phenoxy) is 1. The van der Waals surface area contributed by atoms with E-state index in [4.69, 9.17) is 4.74 Å². The Bertz CT molecular complexity index is 481. The Kier molecular flexibility index (Phi) is 3.24. The van der Waals surface area contributed by atoms with Crippen molar-refractivity contribution in [1.82, 2.24) is 24.7 Å². The summed E-state index contributed by atoms with van der Waals surface area (Å²) in [6, 6.07) is 0.249. The lowest BCUT2D eigenvalue weighted by Crippen LogP contribution is -2.19. The minimum Gasteiger partial charge on any atom is -0.467 e. The molecule has 0 aliphatic rings. The van der Waals surface area contributed by atoms with Gasteiger partial charge in [0, 0.05) is 0 Å². The van der Waals surface area contributed by atoms with Gasteiger partial charge in [0.25, 0.3) is 0 Å². The summed E-state index contributed by atoms with van der Waals surface area (Å²) in [5.41, 5.74) is 0.496. The highest BCUT2D eigenvalue weighted by atomic mass is 16.5. The van der Waals surface area contributed by atoms with Crippen LogP contribution < -0.4 is 10.1 Å². The van der Waals surface area contributed by atoms with Crippen LogP contribution in [0, 0.1) is 0 Å². The summed E-state index contributed by atoms with van der Waals surface area (Å²) < 4.78 is 6.22. The lowest BCUT2D eigenvalue weighted by atomic mass is 10.5. The summed E-state index contributed by atoms with van der Waals surface area (Å²) >= 11 is 0. The number of nitrogens with one attached hydrogen (secondary N) is 1. The molecule has 88 valence electrons. The average Bonchev–Trinajstić information content (AvgIpc) is 2.82. The number of carbonyl (C=O) groups excluding carboxylic acids is 1. The topological polar surface area (TPSA) is 94.8 Å². The van der Waals surface area contributed by atoms with Crippen molar-refractivity contribution in [2.45, 2.75) is 6.54 Å². The van der Waals surface area contributed by atoms with Crippen LogP contribution in [0.15, 0.2) is 25.0 Å². The number of hydrogen-bond donors (Lipinski definition) is 1. The number of methoxy groups -OCH3 is 1. The Balaban J connectivity index is 1.93. The summed E-state index contributed by atoms with van der Waals surface area (Å²) in [5.74, 6) is -0.232. The number of rotatable bonds is 4. The first-order valence-electron chi connectivity index (χ1n) is 4.76. The predicted octanol–water partition coefficient (Wildman–Crippen LogP) is -0.285. The van der Waals surface area contributed by atoms with Crippen molar-refractivity contribution < 1.29 is 9.53 Å². The minimum absolute atomic E-state index is 0.0893. The zero-order chi connectivity index (χ0) is 12.1. The lowest BCUT2D eigenvalue weighted by molar-refractivity contribution is -0.116. The van der Waals surface area contributed by atoms with Gasteiger partial charge < -0.3 is 10.1 Å². The van der Waals surface area contributed by atoms with Gasteiger partial charge in [-0.2, -0.15) is 5.10 Å². The molecule has 2 heterocycles. The third-order valence-electron chi connectivity index (χ3n) is 1.87. The van der Waals surface area contributed by atoms with Crippen molar-refractivity contribution >= 4 is 11.6 Å². The van der Waals surface area contributed by atoms with E-state index in [1.807, 2.05) is 0 Å². The van der Waals surface area contributed by atoms with Crippen LogP contribution in [0.25, 0.3) is 0 Å². The molecule has 0 bridgehead atoms. The molecule has 0 saturated heterocycles. The summed E-state index contributed by atoms with van der Waals surface area (Å²) in [7, 11) is 1.47. The first kappa shape index (κ1) is 11.0. The van der Waals surface area contributed by atoms with Gasteiger partial charge >= 0.3 is 6.01 Å². The Hall–Kier alpha value is -2.51. The molecule has 0 saturated carbocycles. The lowest BCUT2D eigenvalue weighted by Gasteiger charge is -2.04. The first-order chi connectivity index (χ1) is 8.28. The van der Waals surface area contributed by atoms with Crippen LogP contribution in [0.4, 0.5) is 5.69 Å². The van der Waals surface area contributed by atoms with E-state index in [0.29, 0.717) is 5.69 Å². The highest BCUT2D eigenvalue weighted by molar-refractivity contribution is 5.90. The van der Waals surface area contributed by atoms with Crippen molar-refractivity contribution in [3.63, 3.8) is 0 Å². The fraction of sp³-hybridized carbons (Fsp3) is 0.222. The maximum Gasteiger partial charge on any atom is 0.316 e. The Morgan fingerprint density at radius 3 is 2.82 bits per heavy atom. The fourth-order valence-electron chi connectivity index (χ4n) is 1.15. The van der Waals surface area contributed by atoms with Crippen molar-refractivity contribution in [3.05, 3.63) is 25.0 Å². The van der Waals surface area contributed by atoms with Gasteiger partial charge in [-0.15, -0.1) is 0 Å². The van der Waals surface area contributed by atoms with E-state index in [2.05, 4.69) is 25.4 Å². The van der Waals surface area contributed by atoms with Crippen LogP contribution in [0.1, 0.15) is 0 Å². The van der Waals surface area contributed by atoms with Gasteiger partial charge in [-0.05, 0) is 0 Å². The maximum atomic E-state index is 11.5. The molecule has 8 nitrogen and oxygen atoms in total. The highest BCUT2D eigenvalue weighted by Crippen LogP contribution is 2.06. The zero-order valence-electron chi connectivity index (χ0n) is 9.07. The van der Waals surface area contributed by atoms with E-state index in [-0.39, 0.29) is 18.5 Å². The molecule has 0 spiro atoms. The van der Waals surface area contributed by atoms with Crippen LogP contribution in [0.2, 0.25) is 0 Å². The molecule has 0 fully saturated rings. The van der Waals surface area contributed by atoms with Gasteiger partial charge in [-0.1, -0.05) is 0 Å². The van der Waals surface area contributed by atoms with Crippen LogP contribution in [-0.2, 0) is 11.3 Å². The summed E-state index contributed by atoms with van der Waals surface area (Å²) in [5, 5.41) is 6.44. The monoisotopic (exact) mass is 234 g/mol. The van der Waals surface area contributed by atoms with Gasteiger partial charge in [0.15, 0.2) is 0 Å². The summed E-state index contributed by atoms with van der Waals surface area (Å²) in [6.07, 6.45) is 5.75. The van der Waals surface area contributed by atoms with E-state index in [1.165, 1.54) is 36.8 Å². The molecule has 8 heteroatoms. The number of hydrogen-bond acceptors (Lipinski definition) is 6. The molecule has 0 radical (unpaired) electrons. The Morgan fingerprint density at radius 2 is 2.24 bits per heavy atom. The van der Waals surface area contributed by atoms with Gasteiger partial charge in [-0.25, -0.2) is 19.6 Å². The SMILES string of the molecule is COc1ncc(NC(=O)Cn2cncn2)cn1. The summed E-state index contributed by atoms with van der Waals surface area (Å²) in [6.45, 7) is 0.0893. The van der Waals surface area contributed by atoms with E-state index in [9.17, 15) is 4.79 Å². The molecule has 1 amide bonds. The van der Waals surface area contributed by atoms with Crippen LogP contribution in [-0.4, -0.2) is 37.7 Å². The molecule has 0 atom stereocenters. The minimum atomic E-state index is -0.232. The predicted molar refractivity (Wildman–Crippen MR) is 57.2 cm³/mol. The zero-order valence-corrected chi connectivity index (χ0v) is 9.07. The van der Waals surface area contributed by atoms with E-state index in [0.717, 1.165) is 0 Å². The van der Waals surface area contributed by atoms with Crippen molar-refractivity contribution in [3.8, 4) is 6.01 Å². The third kappa shape index (κ3) is 2.97. The molecular weight excluding hydrogens is 224 g/mol. The molecule has 2 aromatic rings. The van der Waals surface area contributed by atoms with E-state index >= 15 is 0 Å². The maximum absolute atomic E-state index is 11.5. The quantitative estimate of drug-likeness (QED) is 0.781. The van der Waals surface area contributed by atoms with Crippen LogP contribution in [0.5, 0.6) is 6.01 Å². The molecule has 0 unspecified atom stereocenters. The van der Waals surface area contributed by atoms with E-state index in [1.54, 1.807) is 0 Å². The normalized spacial score (nSPS) is 9.94. The van der Waals surface area contributed by atoms with Crippen molar-refractivity contribution in [2.24, 2.45) is 0 Å². The van der Waals surface area contributed by atoms with Crippen molar-refractivity contribution in [1.29, 1.82) is 0 Å². The van der Waals surface area contributed by atoms with Gasteiger partial charge in [0.2, 0.25) is 5.91 Å². The molecule has 17 heavy (non-hydrogen) atoms. The van der Waals surface area contributed by atoms with Crippen molar-refractivity contribution in [2.75, 3.05) is 12.4 Å². The standard InChI is InChI=1S/C9H10N6O2/c1-17-9-11-2-7(3-12-9)14-8(16)4-15-6-10-5-13-15/h2-3,5-6H,4H2,1H3,(H,14,16). The second-order valence-electron chi connectivity index (χ2n) is 3.10. The molecule has 0 aromatic carbocycles. The van der Waals surface area contributed by atoms with E-state index < -0.39 is 0 Å². The fourth-order valence-corrected chi connectivity index (χ4v) is 1.15. The molecule has 1 N–H and O–H groups in total. The molecular formula is C9H10N6O2. The molecule has 0 aliphatic heterocycles. The second-order valence-corrected chi connectivity index (χ2v) is 3.10. The second kappa shape index (κ2) is 5.01. The van der Waals surface area contributed by atoms with Gasteiger partial charge in [-0.3, -0.25) is 4.79 Å². The highest BCUT2D eigenvalue weighted by Gasteiger charge is 2.04. The largest absolute Gasteiger partial charge is 0.467 e. The number of carbonyl (C=O) groups is 1. The molecule has 2 aromatic heterocycles. The Labute approximate surface area is 96.7 Å². The Morgan fingerprint density at radius 1 is 1.47 bits per heavy atom. The number of nitrogens with zero attached hydrogens (tertiary/aromatic N) is 5. The first-order valence-corrected chi connectivity index (χ1v) is 4.76. The van der Waals surface area contributed by atoms with Gasteiger partial charge in [0.1, 0.15) is 19.2 Å². The smallest absolute Gasteiger partial charge is 0.316 e. The number of aromatic nitrogens is 5. The van der Waals surface area contributed by atoms with Crippen LogP contribution in [0.3, 0.4) is 0 Å². The molecule has 0 aliphatic carbocycles. The number of anilines is 1.